The fraction of sp³-hybridized carbons (Fsp3) is 0.318. The molecule has 0 bridgehead atoms. The lowest BCUT2D eigenvalue weighted by atomic mass is 10.0. The van der Waals surface area contributed by atoms with Gasteiger partial charge in [0.2, 0.25) is 5.60 Å². The van der Waals surface area contributed by atoms with Gasteiger partial charge in [-0.2, -0.15) is 13.2 Å². The molecule has 2 aromatic heterocycles. The number of carbonyl (C=O) groups is 1. The van der Waals surface area contributed by atoms with Crippen LogP contribution < -0.4 is 0 Å². The van der Waals surface area contributed by atoms with Gasteiger partial charge in [-0.05, 0) is 38.1 Å². The van der Waals surface area contributed by atoms with E-state index in [1.54, 1.807) is 6.92 Å². The van der Waals surface area contributed by atoms with E-state index in [2.05, 4.69) is 9.97 Å². The molecule has 0 aliphatic carbocycles. The summed E-state index contributed by atoms with van der Waals surface area (Å²) in [6, 6.07) is 5.22. The van der Waals surface area contributed by atoms with Gasteiger partial charge in [0, 0.05) is 29.9 Å². The van der Waals surface area contributed by atoms with Gasteiger partial charge in [-0.15, -0.1) is 0 Å². The maximum atomic E-state index is 14.1. The number of imidazole rings is 1. The summed E-state index contributed by atoms with van der Waals surface area (Å²) >= 11 is 0. The lowest BCUT2D eigenvalue weighted by molar-refractivity contribution is -0.263. The van der Waals surface area contributed by atoms with E-state index in [9.17, 15) is 31.9 Å². The van der Waals surface area contributed by atoms with Crippen LogP contribution in [0.3, 0.4) is 0 Å². The monoisotopic (exact) mass is 466 g/mol. The molecule has 33 heavy (non-hydrogen) atoms. The fourth-order valence-electron chi connectivity index (χ4n) is 3.90. The molecule has 1 amide bonds. The summed E-state index contributed by atoms with van der Waals surface area (Å²) in [5.74, 6) is -2.55. The Bertz CT molecular complexity index is 1220. The van der Waals surface area contributed by atoms with E-state index in [1.807, 2.05) is 0 Å². The van der Waals surface area contributed by atoms with Crippen molar-refractivity contribution in [2.75, 3.05) is 6.54 Å². The zero-order valence-electron chi connectivity index (χ0n) is 17.6. The van der Waals surface area contributed by atoms with Gasteiger partial charge < -0.3 is 14.6 Å². The van der Waals surface area contributed by atoms with Gasteiger partial charge in [0.05, 0.1) is 30.2 Å². The average Bonchev–Trinajstić information content (AvgIpc) is 3.18. The van der Waals surface area contributed by atoms with Crippen LogP contribution in [0.1, 0.15) is 41.8 Å². The second-order valence-electron chi connectivity index (χ2n) is 8.10. The molecule has 3 aromatic rings. The molecule has 0 spiro atoms. The maximum absolute atomic E-state index is 14.1. The molecule has 0 saturated carbocycles. The first-order chi connectivity index (χ1) is 15.4. The lowest BCUT2D eigenvalue weighted by Crippen LogP contribution is -2.45. The summed E-state index contributed by atoms with van der Waals surface area (Å²) in [5, 5.41) is 10.1. The van der Waals surface area contributed by atoms with Crippen LogP contribution in [-0.2, 0) is 12.1 Å². The topological polar surface area (TPSA) is 71.2 Å². The molecular formula is C22H19F5N4O2. The van der Waals surface area contributed by atoms with Crippen molar-refractivity contribution in [1.29, 1.82) is 0 Å². The van der Waals surface area contributed by atoms with E-state index in [0.717, 1.165) is 6.07 Å². The second-order valence-corrected chi connectivity index (χ2v) is 8.10. The number of amides is 1. The number of pyridine rings is 1. The third-order valence-electron chi connectivity index (χ3n) is 5.64. The summed E-state index contributed by atoms with van der Waals surface area (Å²) in [7, 11) is 0. The Morgan fingerprint density at radius 1 is 1.15 bits per heavy atom. The zero-order chi connectivity index (χ0) is 24.1. The van der Waals surface area contributed by atoms with Crippen molar-refractivity contribution in [1.82, 2.24) is 19.4 Å². The number of fused-ring (bicyclic) bond motifs is 1. The third kappa shape index (κ3) is 3.97. The van der Waals surface area contributed by atoms with Gasteiger partial charge in [0.15, 0.2) is 5.82 Å². The number of carbonyl (C=O) groups excluding carboxylic acids is 1. The molecule has 0 fully saturated rings. The number of benzene rings is 1. The molecule has 3 heterocycles. The van der Waals surface area contributed by atoms with Crippen molar-refractivity contribution in [2.24, 2.45) is 0 Å². The van der Waals surface area contributed by atoms with Crippen LogP contribution in [0, 0.1) is 11.6 Å². The van der Waals surface area contributed by atoms with Crippen molar-refractivity contribution < 1.29 is 31.9 Å². The van der Waals surface area contributed by atoms with Crippen molar-refractivity contribution in [3.8, 4) is 11.3 Å². The molecule has 1 aliphatic rings. The molecule has 1 N–H and O–H groups in total. The van der Waals surface area contributed by atoms with Crippen LogP contribution in [0.4, 0.5) is 22.0 Å². The SMILES string of the molecule is C[C@H]1CN(C(=O)c2ccnc(-c3ccc(F)cc3F)c2)Cc2cnc(C(C)(O)C(F)(F)F)n21. The zero-order valence-corrected chi connectivity index (χ0v) is 17.6. The molecule has 0 saturated heterocycles. The van der Waals surface area contributed by atoms with Crippen LogP contribution in [0.15, 0.2) is 42.7 Å². The number of alkyl halides is 3. The number of hydrogen-bond donors (Lipinski definition) is 1. The molecule has 2 atom stereocenters. The van der Waals surface area contributed by atoms with Crippen LogP contribution in [0.5, 0.6) is 0 Å². The molecule has 1 aromatic carbocycles. The standard InChI is InChI=1S/C22H19F5N4O2/c1-12-10-30(11-15-9-29-20(31(12)15)21(2,33)22(25,26)27)19(32)13-5-6-28-18(7-13)16-4-3-14(23)8-17(16)24/h3-9,12,33H,10-11H2,1-2H3/t12-,21?/m0/s1. The van der Waals surface area contributed by atoms with E-state index < -0.39 is 41.2 Å². The Morgan fingerprint density at radius 2 is 1.88 bits per heavy atom. The van der Waals surface area contributed by atoms with Crippen molar-refractivity contribution in [2.45, 2.75) is 38.2 Å². The van der Waals surface area contributed by atoms with Crippen molar-refractivity contribution >= 4 is 5.91 Å². The Labute approximate surface area is 185 Å². The molecular weight excluding hydrogens is 447 g/mol. The molecule has 6 nitrogen and oxygen atoms in total. The summed E-state index contributed by atoms with van der Waals surface area (Å²) < 4.78 is 68.6. The molecule has 4 rings (SSSR count). The number of rotatable bonds is 3. The Morgan fingerprint density at radius 3 is 2.55 bits per heavy atom. The van der Waals surface area contributed by atoms with E-state index >= 15 is 0 Å². The first kappa shape index (κ1) is 22.8. The summed E-state index contributed by atoms with van der Waals surface area (Å²) in [6.45, 7) is 2.28. The van der Waals surface area contributed by atoms with Crippen LogP contribution in [0.25, 0.3) is 11.3 Å². The van der Waals surface area contributed by atoms with E-state index in [0.29, 0.717) is 18.7 Å². The van der Waals surface area contributed by atoms with Crippen LogP contribution in [-0.4, -0.2) is 43.2 Å². The quantitative estimate of drug-likeness (QED) is 0.587. The highest BCUT2D eigenvalue weighted by Gasteiger charge is 2.55. The molecule has 1 aliphatic heterocycles. The van der Waals surface area contributed by atoms with Gasteiger partial charge in [-0.3, -0.25) is 9.78 Å². The second kappa shape index (κ2) is 7.91. The van der Waals surface area contributed by atoms with Gasteiger partial charge in [0.25, 0.3) is 5.91 Å². The van der Waals surface area contributed by atoms with E-state index in [-0.39, 0.29) is 29.9 Å². The van der Waals surface area contributed by atoms with Crippen LogP contribution >= 0.6 is 0 Å². The van der Waals surface area contributed by atoms with Gasteiger partial charge in [-0.25, -0.2) is 13.8 Å². The highest BCUT2D eigenvalue weighted by molar-refractivity contribution is 5.95. The van der Waals surface area contributed by atoms with Gasteiger partial charge in [-0.1, -0.05) is 0 Å². The van der Waals surface area contributed by atoms with E-state index in [4.69, 9.17) is 0 Å². The Kier molecular flexibility index (Phi) is 5.47. The fourth-order valence-corrected chi connectivity index (χ4v) is 3.90. The predicted octanol–water partition coefficient (Wildman–Crippen LogP) is 4.21. The highest BCUT2D eigenvalue weighted by Crippen LogP contribution is 2.40. The van der Waals surface area contributed by atoms with E-state index in [1.165, 1.54) is 40.1 Å². The largest absolute Gasteiger partial charge is 0.424 e. The predicted molar refractivity (Wildman–Crippen MR) is 107 cm³/mol. The smallest absolute Gasteiger partial charge is 0.374 e. The lowest BCUT2D eigenvalue weighted by Gasteiger charge is -2.36. The first-order valence-corrected chi connectivity index (χ1v) is 9.96. The first-order valence-electron chi connectivity index (χ1n) is 9.96. The molecule has 174 valence electrons. The van der Waals surface area contributed by atoms with Gasteiger partial charge in [0.1, 0.15) is 11.6 Å². The minimum absolute atomic E-state index is 0.0233. The number of nitrogens with zero attached hydrogens (tertiary/aromatic N) is 4. The summed E-state index contributed by atoms with van der Waals surface area (Å²) in [5.41, 5.74) is -2.47. The van der Waals surface area contributed by atoms with Crippen molar-refractivity contribution in [3.05, 3.63) is 71.4 Å². The number of hydrogen-bond acceptors (Lipinski definition) is 4. The number of aliphatic hydroxyl groups is 1. The molecule has 0 radical (unpaired) electrons. The maximum Gasteiger partial charge on any atom is 0.424 e. The summed E-state index contributed by atoms with van der Waals surface area (Å²) in [4.78, 5) is 22.4. The average molecular weight is 466 g/mol. The van der Waals surface area contributed by atoms with Crippen LogP contribution in [0.2, 0.25) is 0 Å². The molecule has 11 heteroatoms. The third-order valence-corrected chi connectivity index (χ3v) is 5.64. The van der Waals surface area contributed by atoms with Gasteiger partial charge >= 0.3 is 6.18 Å². The summed E-state index contributed by atoms with van der Waals surface area (Å²) in [6.07, 6.45) is -2.40. The molecule has 1 unspecified atom stereocenters. The number of aromatic nitrogens is 3. The number of halogens is 5. The highest BCUT2D eigenvalue weighted by atomic mass is 19.4. The minimum atomic E-state index is -4.93. The minimum Gasteiger partial charge on any atom is -0.374 e. The van der Waals surface area contributed by atoms with Crippen molar-refractivity contribution in [3.63, 3.8) is 0 Å². The Balaban J connectivity index is 1.62. The normalized spacial score (nSPS) is 18.1. The Hall–Kier alpha value is -3.34.